The Labute approximate surface area is 184 Å². The Morgan fingerprint density at radius 1 is 0.806 bits per heavy atom. The summed E-state index contributed by atoms with van der Waals surface area (Å²) in [6, 6.07) is 22.9. The number of carbonyl (C=O) groups is 1. The van der Waals surface area contributed by atoms with E-state index in [1.807, 2.05) is 30.3 Å². The Bertz CT molecular complexity index is 1110. The summed E-state index contributed by atoms with van der Waals surface area (Å²) in [7, 11) is 0. The predicted molar refractivity (Wildman–Crippen MR) is 126 cm³/mol. The molecule has 0 heterocycles. The van der Waals surface area contributed by atoms with Crippen molar-refractivity contribution < 1.29 is 14.6 Å². The van der Waals surface area contributed by atoms with Crippen molar-refractivity contribution in [1.29, 1.82) is 0 Å². The fourth-order valence-electron chi connectivity index (χ4n) is 4.59. The molecule has 3 aromatic rings. The largest absolute Gasteiger partial charge is 0.481 e. The van der Waals surface area contributed by atoms with Crippen LogP contribution in [0.5, 0.6) is 5.75 Å². The molecule has 0 aromatic heterocycles. The Morgan fingerprint density at radius 2 is 1.45 bits per heavy atom. The predicted octanol–water partition coefficient (Wildman–Crippen LogP) is 6.83. The molecule has 1 aliphatic rings. The zero-order valence-electron chi connectivity index (χ0n) is 18.7. The average molecular weight is 415 g/mol. The maximum Gasteiger partial charge on any atom is 0.341 e. The van der Waals surface area contributed by atoms with E-state index < -0.39 is 5.97 Å². The molecule has 160 valence electrons. The molecule has 3 aromatic carbocycles. The number of aliphatic carboxylic acids is 1. The van der Waals surface area contributed by atoms with Crippen LogP contribution in [0.1, 0.15) is 51.7 Å². The lowest BCUT2D eigenvalue weighted by molar-refractivity contribution is -0.139. The smallest absolute Gasteiger partial charge is 0.341 e. The number of ether oxygens (including phenoxy) is 1. The third-order valence-corrected chi connectivity index (χ3v) is 6.60. The first-order chi connectivity index (χ1) is 14.7. The van der Waals surface area contributed by atoms with Crippen LogP contribution < -0.4 is 4.74 Å². The highest BCUT2D eigenvalue weighted by atomic mass is 16.5. The molecular weight excluding hydrogens is 384 g/mol. The molecule has 0 fully saturated rings. The fourth-order valence-corrected chi connectivity index (χ4v) is 4.59. The highest BCUT2D eigenvalue weighted by Gasteiger charge is 2.37. The first-order valence-electron chi connectivity index (χ1n) is 10.9. The molecule has 3 nitrogen and oxygen atoms in total. The number of benzene rings is 3. The van der Waals surface area contributed by atoms with Crippen LogP contribution in [0.25, 0.3) is 22.3 Å². The zero-order valence-corrected chi connectivity index (χ0v) is 18.7. The average Bonchev–Trinajstić information content (AvgIpc) is 2.76. The molecular formula is C28H30O3. The highest BCUT2D eigenvalue weighted by Crippen LogP contribution is 2.47. The van der Waals surface area contributed by atoms with Crippen LogP contribution in [0.4, 0.5) is 0 Å². The van der Waals surface area contributed by atoms with Crippen LogP contribution in [0, 0.1) is 0 Å². The van der Waals surface area contributed by atoms with Crippen molar-refractivity contribution in [3.8, 4) is 28.0 Å². The molecule has 0 atom stereocenters. The SMILES string of the molecule is CC1(C)CCC(C)(C)c2cc(-c3cc(-c4ccccc4)ccc3OCC(=O)O)ccc21. The van der Waals surface area contributed by atoms with Crippen molar-refractivity contribution in [3.05, 3.63) is 77.9 Å². The second kappa shape index (κ2) is 7.88. The van der Waals surface area contributed by atoms with E-state index in [0.717, 1.165) is 28.7 Å². The molecule has 0 unspecified atom stereocenters. The van der Waals surface area contributed by atoms with Crippen molar-refractivity contribution in [3.63, 3.8) is 0 Å². The Balaban J connectivity index is 1.86. The van der Waals surface area contributed by atoms with Gasteiger partial charge in [0, 0.05) is 5.56 Å². The van der Waals surface area contributed by atoms with Gasteiger partial charge in [0.25, 0.3) is 0 Å². The second-order valence-corrected chi connectivity index (χ2v) is 9.79. The maximum absolute atomic E-state index is 11.1. The van der Waals surface area contributed by atoms with Crippen molar-refractivity contribution in [2.75, 3.05) is 6.61 Å². The first kappa shape index (κ1) is 21.2. The van der Waals surface area contributed by atoms with Crippen molar-refractivity contribution in [1.82, 2.24) is 0 Å². The monoisotopic (exact) mass is 414 g/mol. The number of hydrogen-bond acceptors (Lipinski definition) is 2. The Morgan fingerprint density at radius 3 is 2.13 bits per heavy atom. The van der Waals surface area contributed by atoms with Crippen LogP contribution in [-0.4, -0.2) is 17.7 Å². The van der Waals surface area contributed by atoms with Gasteiger partial charge in [-0.15, -0.1) is 0 Å². The number of hydrogen-bond donors (Lipinski definition) is 1. The van der Waals surface area contributed by atoms with Gasteiger partial charge in [0.1, 0.15) is 5.75 Å². The van der Waals surface area contributed by atoms with Gasteiger partial charge in [-0.1, -0.05) is 82.3 Å². The summed E-state index contributed by atoms with van der Waals surface area (Å²) in [4.78, 5) is 11.1. The third kappa shape index (κ3) is 4.23. The van der Waals surface area contributed by atoms with E-state index in [1.54, 1.807) is 0 Å². The minimum Gasteiger partial charge on any atom is -0.481 e. The lowest BCUT2D eigenvalue weighted by Gasteiger charge is -2.42. The summed E-state index contributed by atoms with van der Waals surface area (Å²) in [6.07, 6.45) is 2.31. The van der Waals surface area contributed by atoms with Crippen LogP contribution in [0.15, 0.2) is 66.7 Å². The van der Waals surface area contributed by atoms with E-state index in [-0.39, 0.29) is 17.4 Å². The molecule has 4 rings (SSSR count). The maximum atomic E-state index is 11.1. The van der Waals surface area contributed by atoms with Gasteiger partial charge in [0.2, 0.25) is 0 Å². The van der Waals surface area contributed by atoms with E-state index >= 15 is 0 Å². The molecule has 0 bridgehead atoms. The van der Waals surface area contributed by atoms with Crippen LogP contribution in [0.2, 0.25) is 0 Å². The summed E-state index contributed by atoms with van der Waals surface area (Å²) < 4.78 is 5.68. The number of carboxylic acids is 1. The summed E-state index contributed by atoms with van der Waals surface area (Å²) in [5.41, 5.74) is 7.20. The minimum absolute atomic E-state index is 0.0972. The van der Waals surface area contributed by atoms with Gasteiger partial charge in [0.05, 0.1) is 0 Å². The Hall–Kier alpha value is -3.07. The van der Waals surface area contributed by atoms with Gasteiger partial charge >= 0.3 is 5.97 Å². The molecule has 1 aliphatic carbocycles. The van der Waals surface area contributed by atoms with Gasteiger partial charge < -0.3 is 9.84 Å². The summed E-state index contributed by atoms with van der Waals surface area (Å²) >= 11 is 0. The summed E-state index contributed by atoms with van der Waals surface area (Å²) in [5.74, 6) is -0.388. The third-order valence-electron chi connectivity index (χ3n) is 6.60. The number of rotatable bonds is 5. The molecule has 0 spiro atoms. The molecule has 3 heteroatoms. The van der Waals surface area contributed by atoms with Gasteiger partial charge in [0.15, 0.2) is 6.61 Å². The summed E-state index contributed by atoms with van der Waals surface area (Å²) in [6.45, 7) is 8.90. The molecule has 0 aliphatic heterocycles. The number of fused-ring (bicyclic) bond motifs is 1. The standard InChI is InChI=1S/C28H30O3/c1-27(2)14-15-28(3,4)24-17-21(10-12-23(24)27)22-16-20(19-8-6-5-7-9-19)11-13-25(22)31-18-26(29)30/h5-13,16-17H,14-15,18H2,1-4H3,(H,29,30). The van der Waals surface area contributed by atoms with E-state index in [1.165, 1.54) is 17.5 Å². The van der Waals surface area contributed by atoms with Gasteiger partial charge in [-0.05, 0) is 63.6 Å². The molecule has 0 radical (unpaired) electrons. The molecule has 0 saturated carbocycles. The van der Waals surface area contributed by atoms with Crippen LogP contribution in [0.3, 0.4) is 0 Å². The van der Waals surface area contributed by atoms with E-state index in [0.29, 0.717) is 5.75 Å². The number of carboxylic acid groups (broad SMARTS) is 1. The van der Waals surface area contributed by atoms with Crippen molar-refractivity contribution >= 4 is 5.97 Å². The van der Waals surface area contributed by atoms with Crippen LogP contribution in [-0.2, 0) is 15.6 Å². The fraction of sp³-hybridized carbons (Fsp3) is 0.321. The van der Waals surface area contributed by atoms with Crippen molar-refractivity contribution in [2.45, 2.75) is 51.4 Å². The summed E-state index contributed by atoms with van der Waals surface area (Å²) in [5, 5.41) is 9.13. The van der Waals surface area contributed by atoms with E-state index in [2.05, 4.69) is 64.1 Å². The van der Waals surface area contributed by atoms with E-state index in [9.17, 15) is 4.79 Å². The van der Waals surface area contributed by atoms with Gasteiger partial charge in [-0.3, -0.25) is 0 Å². The topological polar surface area (TPSA) is 46.5 Å². The minimum atomic E-state index is -0.980. The quantitative estimate of drug-likeness (QED) is 0.497. The van der Waals surface area contributed by atoms with Gasteiger partial charge in [-0.25, -0.2) is 4.79 Å². The highest BCUT2D eigenvalue weighted by molar-refractivity contribution is 5.79. The zero-order chi connectivity index (χ0) is 22.2. The lowest BCUT2D eigenvalue weighted by atomic mass is 9.63. The molecule has 31 heavy (non-hydrogen) atoms. The molecule has 1 N–H and O–H groups in total. The lowest BCUT2D eigenvalue weighted by Crippen LogP contribution is -2.33. The Kier molecular flexibility index (Phi) is 5.38. The second-order valence-electron chi connectivity index (χ2n) is 9.79. The van der Waals surface area contributed by atoms with Crippen molar-refractivity contribution in [2.24, 2.45) is 0 Å². The van der Waals surface area contributed by atoms with E-state index in [4.69, 9.17) is 9.84 Å². The van der Waals surface area contributed by atoms with Gasteiger partial charge in [-0.2, -0.15) is 0 Å². The normalized spacial score (nSPS) is 16.4. The first-order valence-corrected chi connectivity index (χ1v) is 10.9. The van der Waals surface area contributed by atoms with Crippen LogP contribution >= 0.6 is 0 Å². The molecule has 0 amide bonds. The molecule has 0 saturated heterocycles.